The van der Waals surface area contributed by atoms with Crippen LogP contribution in [-0.4, -0.2) is 43.1 Å². The number of sulfonamides is 1. The Kier molecular flexibility index (Phi) is 3.96. The Morgan fingerprint density at radius 2 is 2.00 bits per heavy atom. The molecule has 2 rings (SSSR count). The van der Waals surface area contributed by atoms with E-state index in [4.69, 9.17) is 0 Å². The van der Waals surface area contributed by atoms with Gasteiger partial charge in [0, 0.05) is 5.92 Å². The normalized spacial score (nSPS) is 31.6. The van der Waals surface area contributed by atoms with Gasteiger partial charge in [-0.25, -0.2) is 13.1 Å². The van der Waals surface area contributed by atoms with Gasteiger partial charge in [-0.05, 0) is 18.9 Å². The molecule has 1 saturated carbocycles. The van der Waals surface area contributed by atoms with Crippen molar-refractivity contribution in [2.45, 2.75) is 37.5 Å². The summed E-state index contributed by atoms with van der Waals surface area (Å²) in [6.07, 6.45) is -0.597. The second-order valence-corrected chi connectivity index (χ2v) is 7.01. The van der Waals surface area contributed by atoms with Gasteiger partial charge < -0.3 is 10.2 Å². The Labute approximate surface area is 113 Å². The highest BCUT2D eigenvalue weighted by Crippen LogP contribution is 2.35. The largest absolute Gasteiger partial charge is 0.390 e. The zero-order valence-corrected chi connectivity index (χ0v) is 11.8. The maximum atomic E-state index is 11.4. The van der Waals surface area contributed by atoms with E-state index in [1.165, 1.54) is 0 Å². The van der Waals surface area contributed by atoms with Crippen LogP contribution in [0.25, 0.3) is 0 Å². The van der Waals surface area contributed by atoms with E-state index in [1.807, 2.05) is 31.2 Å². The Hall–Kier alpha value is -0.950. The SMILES string of the molecule is Cc1cccc([C@H]2C[C@@H](O)[C@@H](O)[C@@H]2NS(C)(=O)=O)c1. The smallest absolute Gasteiger partial charge is 0.209 e. The van der Waals surface area contributed by atoms with Crippen LogP contribution in [0.2, 0.25) is 0 Å². The number of benzene rings is 1. The van der Waals surface area contributed by atoms with Crippen molar-refractivity contribution in [3.05, 3.63) is 35.4 Å². The van der Waals surface area contributed by atoms with E-state index in [-0.39, 0.29) is 5.92 Å². The van der Waals surface area contributed by atoms with Crippen molar-refractivity contribution < 1.29 is 18.6 Å². The summed E-state index contributed by atoms with van der Waals surface area (Å²) in [6, 6.07) is 6.99. The first kappa shape index (κ1) is 14.5. The summed E-state index contributed by atoms with van der Waals surface area (Å²) >= 11 is 0. The molecular formula is C13H19NO4S. The summed E-state index contributed by atoms with van der Waals surface area (Å²) < 4.78 is 25.2. The van der Waals surface area contributed by atoms with E-state index >= 15 is 0 Å². The molecule has 0 spiro atoms. The molecule has 1 aromatic rings. The summed E-state index contributed by atoms with van der Waals surface area (Å²) in [5, 5.41) is 19.7. The van der Waals surface area contributed by atoms with Crippen molar-refractivity contribution in [2.75, 3.05) is 6.26 Å². The quantitative estimate of drug-likeness (QED) is 0.736. The van der Waals surface area contributed by atoms with E-state index < -0.39 is 28.3 Å². The Balaban J connectivity index is 2.32. The van der Waals surface area contributed by atoms with Gasteiger partial charge in [0.05, 0.1) is 24.5 Å². The first-order valence-corrected chi connectivity index (χ1v) is 8.07. The summed E-state index contributed by atoms with van der Waals surface area (Å²) in [5.41, 5.74) is 1.99. The number of nitrogens with one attached hydrogen (secondary N) is 1. The lowest BCUT2D eigenvalue weighted by molar-refractivity contribution is 0.0338. The lowest BCUT2D eigenvalue weighted by Crippen LogP contribution is -2.44. The predicted molar refractivity (Wildman–Crippen MR) is 72.3 cm³/mol. The Morgan fingerprint density at radius 1 is 1.32 bits per heavy atom. The lowest BCUT2D eigenvalue weighted by Gasteiger charge is -2.23. The van der Waals surface area contributed by atoms with Gasteiger partial charge in [-0.2, -0.15) is 0 Å². The van der Waals surface area contributed by atoms with Gasteiger partial charge in [0.2, 0.25) is 10.0 Å². The molecule has 0 aliphatic heterocycles. The van der Waals surface area contributed by atoms with Crippen LogP contribution in [0.4, 0.5) is 0 Å². The van der Waals surface area contributed by atoms with E-state index in [1.54, 1.807) is 0 Å². The third-order valence-corrected chi connectivity index (χ3v) is 4.21. The summed E-state index contributed by atoms with van der Waals surface area (Å²) in [6.45, 7) is 1.95. The zero-order chi connectivity index (χ0) is 14.2. The molecule has 1 fully saturated rings. The van der Waals surface area contributed by atoms with Crippen LogP contribution in [0, 0.1) is 6.92 Å². The number of aliphatic hydroxyl groups excluding tert-OH is 2. The summed E-state index contributed by atoms with van der Waals surface area (Å²) in [5.74, 6) is -0.223. The molecule has 0 radical (unpaired) electrons. The highest BCUT2D eigenvalue weighted by atomic mass is 32.2. The maximum Gasteiger partial charge on any atom is 0.209 e. The van der Waals surface area contributed by atoms with E-state index in [9.17, 15) is 18.6 Å². The van der Waals surface area contributed by atoms with E-state index in [2.05, 4.69) is 4.72 Å². The van der Waals surface area contributed by atoms with Gasteiger partial charge in [-0.3, -0.25) is 0 Å². The number of hydrogen-bond acceptors (Lipinski definition) is 4. The highest BCUT2D eigenvalue weighted by Gasteiger charge is 2.43. The van der Waals surface area contributed by atoms with Crippen molar-refractivity contribution in [1.82, 2.24) is 4.72 Å². The summed E-state index contributed by atoms with van der Waals surface area (Å²) in [4.78, 5) is 0. The van der Waals surface area contributed by atoms with E-state index in [0.717, 1.165) is 17.4 Å². The standard InChI is InChI=1S/C13H19NO4S/c1-8-4-3-5-9(6-8)10-7-11(15)13(16)12(10)14-19(2,17)18/h3-6,10-16H,7H2,1-2H3/t10-,11-,12-,13-/m1/s1. The minimum Gasteiger partial charge on any atom is -0.390 e. The van der Waals surface area contributed by atoms with Crippen LogP contribution in [0.1, 0.15) is 23.5 Å². The first-order valence-electron chi connectivity index (χ1n) is 6.18. The molecular weight excluding hydrogens is 266 g/mol. The molecule has 1 aromatic carbocycles. The van der Waals surface area contributed by atoms with E-state index in [0.29, 0.717) is 6.42 Å². The second-order valence-electron chi connectivity index (χ2n) is 5.23. The van der Waals surface area contributed by atoms with Gasteiger partial charge in [-0.1, -0.05) is 29.8 Å². The fourth-order valence-corrected chi connectivity index (χ4v) is 3.46. The Bertz CT molecular complexity index is 558. The summed E-state index contributed by atoms with van der Waals surface area (Å²) in [7, 11) is -3.44. The first-order chi connectivity index (χ1) is 8.78. The molecule has 19 heavy (non-hydrogen) atoms. The number of rotatable bonds is 3. The van der Waals surface area contributed by atoms with Crippen molar-refractivity contribution in [3.8, 4) is 0 Å². The number of hydrogen-bond donors (Lipinski definition) is 3. The van der Waals surface area contributed by atoms with Crippen molar-refractivity contribution in [2.24, 2.45) is 0 Å². The third-order valence-electron chi connectivity index (χ3n) is 3.51. The van der Waals surface area contributed by atoms with Gasteiger partial charge in [0.25, 0.3) is 0 Å². The molecule has 0 aromatic heterocycles. The van der Waals surface area contributed by atoms with Crippen LogP contribution in [0.3, 0.4) is 0 Å². The molecule has 0 unspecified atom stereocenters. The average Bonchev–Trinajstić information content (AvgIpc) is 2.55. The Morgan fingerprint density at radius 3 is 2.58 bits per heavy atom. The minimum atomic E-state index is -3.44. The molecule has 0 bridgehead atoms. The predicted octanol–water partition coefficient (Wildman–Crippen LogP) is 0.122. The molecule has 0 saturated heterocycles. The third kappa shape index (κ3) is 3.33. The highest BCUT2D eigenvalue weighted by molar-refractivity contribution is 7.88. The average molecular weight is 285 g/mol. The van der Waals surface area contributed by atoms with Crippen LogP contribution in [0.5, 0.6) is 0 Å². The molecule has 1 aliphatic rings. The van der Waals surface area contributed by atoms with Crippen LogP contribution in [-0.2, 0) is 10.0 Å². The van der Waals surface area contributed by atoms with Crippen LogP contribution in [0.15, 0.2) is 24.3 Å². The molecule has 106 valence electrons. The lowest BCUT2D eigenvalue weighted by atomic mass is 9.93. The van der Waals surface area contributed by atoms with Crippen LogP contribution < -0.4 is 4.72 Å². The molecule has 4 atom stereocenters. The molecule has 0 amide bonds. The van der Waals surface area contributed by atoms with Crippen molar-refractivity contribution in [1.29, 1.82) is 0 Å². The van der Waals surface area contributed by atoms with Gasteiger partial charge in [0.1, 0.15) is 0 Å². The fraction of sp³-hybridized carbons (Fsp3) is 0.538. The minimum absolute atomic E-state index is 0.223. The molecule has 0 heterocycles. The molecule has 5 nitrogen and oxygen atoms in total. The van der Waals surface area contributed by atoms with Crippen molar-refractivity contribution >= 4 is 10.0 Å². The molecule has 6 heteroatoms. The second kappa shape index (κ2) is 5.20. The van der Waals surface area contributed by atoms with Crippen molar-refractivity contribution in [3.63, 3.8) is 0 Å². The maximum absolute atomic E-state index is 11.4. The van der Waals surface area contributed by atoms with Gasteiger partial charge in [-0.15, -0.1) is 0 Å². The fourth-order valence-electron chi connectivity index (χ4n) is 2.67. The molecule has 1 aliphatic carbocycles. The topological polar surface area (TPSA) is 86.6 Å². The van der Waals surface area contributed by atoms with Gasteiger partial charge in [0.15, 0.2) is 0 Å². The molecule has 3 N–H and O–H groups in total. The van der Waals surface area contributed by atoms with Gasteiger partial charge >= 0.3 is 0 Å². The number of aryl methyl sites for hydroxylation is 1. The monoisotopic (exact) mass is 285 g/mol. The number of aliphatic hydroxyl groups is 2. The van der Waals surface area contributed by atoms with Crippen LogP contribution >= 0.6 is 0 Å². The zero-order valence-electron chi connectivity index (χ0n) is 10.9.